The second-order valence-corrected chi connectivity index (χ2v) is 4.43. The van der Waals surface area contributed by atoms with Crippen molar-refractivity contribution >= 4 is 5.91 Å². The van der Waals surface area contributed by atoms with Crippen LogP contribution in [0.5, 0.6) is 0 Å². The largest absolute Gasteiger partial charge is 0.349 e. The van der Waals surface area contributed by atoms with E-state index in [4.69, 9.17) is 0 Å². The summed E-state index contributed by atoms with van der Waals surface area (Å²) in [4.78, 5) is 11.7. The van der Waals surface area contributed by atoms with E-state index in [1.165, 1.54) is 0 Å². The predicted octanol–water partition coefficient (Wildman–Crippen LogP) is 0.125. The molecule has 88 valence electrons. The van der Waals surface area contributed by atoms with Gasteiger partial charge in [0.1, 0.15) is 0 Å². The first-order valence-corrected chi connectivity index (χ1v) is 5.59. The topological polar surface area (TPSA) is 59.0 Å². The van der Waals surface area contributed by atoms with Gasteiger partial charge < -0.3 is 10.6 Å². The molecule has 0 radical (unpaired) electrons. The third kappa shape index (κ3) is 2.09. The van der Waals surface area contributed by atoms with Crippen LogP contribution in [0.1, 0.15) is 24.2 Å². The number of amides is 1. The second-order valence-electron chi connectivity index (χ2n) is 4.43. The summed E-state index contributed by atoms with van der Waals surface area (Å²) >= 11 is 0. The van der Waals surface area contributed by atoms with Gasteiger partial charge in [0.15, 0.2) is 0 Å². The van der Waals surface area contributed by atoms with E-state index in [2.05, 4.69) is 15.7 Å². The number of carbonyl (C=O) groups is 1. The van der Waals surface area contributed by atoms with Crippen LogP contribution in [0.4, 0.5) is 0 Å². The minimum absolute atomic E-state index is 0.0294. The first-order chi connectivity index (χ1) is 7.58. The summed E-state index contributed by atoms with van der Waals surface area (Å²) in [6.07, 6.45) is 1.96. The number of nitrogens with one attached hydrogen (secondary N) is 2. The average molecular weight is 222 g/mol. The molecule has 2 N–H and O–H groups in total. The van der Waals surface area contributed by atoms with Gasteiger partial charge in [0.25, 0.3) is 0 Å². The molecule has 0 saturated carbocycles. The lowest BCUT2D eigenvalue weighted by molar-refractivity contribution is -0.127. The van der Waals surface area contributed by atoms with Crippen molar-refractivity contribution in [3.05, 3.63) is 17.5 Å². The van der Waals surface area contributed by atoms with E-state index in [1.54, 1.807) is 4.68 Å². The number of rotatable bonds is 3. The van der Waals surface area contributed by atoms with Gasteiger partial charge in [0, 0.05) is 31.9 Å². The summed E-state index contributed by atoms with van der Waals surface area (Å²) in [7, 11) is 1.89. The molecule has 2 heterocycles. The van der Waals surface area contributed by atoms with Crippen molar-refractivity contribution < 1.29 is 4.79 Å². The minimum atomic E-state index is 0.0294. The summed E-state index contributed by atoms with van der Waals surface area (Å²) in [5, 5.41) is 10.4. The van der Waals surface area contributed by atoms with Crippen molar-refractivity contribution in [2.45, 2.75) is 19.9 Å². The van der Waals surface area contributed by atoms with Gasteiger partial charge in [-0.15, -0.1) is 0 Å². The van der Waals surface area contributed by atoms with Crippen LogP contribution in [0.25, 0.3) is 0 Å². The van der Waals surface area contributed by atoms with Crippen LogP contribution in [0.15, 0.2) is 6.20 Å². The fourth-order valence-electron chi connectivity index (χ4n) is 1.93. The molecule has 0 aliphatic carbocycles. The maximum atomic E-state index is 11.7. The number of hydrogen-bond acceptors (Lipinski definition) is 3. The Balaban J connectivity index is 1.99. The molecule has 5 nitrogen and oxygen atoms in total. The average Bonchev–Trinajstić information content (AvgIpc) is 2.41. The van der Waals surface area contributed by atoms with Gasteiger partial charge in [0.05, 0.1) is 17.7 Å². The third-order valence-corrected chi connectivity index (χ3v) is 3.03. The van der Waals surface area contributed by atoms with Gasteiger partial charge in [-0.3, -0.25) is 9.48 Å². The van der Waals surface area contributed by atoms with Crippen LogP contribution in [0, 0.1) is 12.8 Å². The maximum Gasteiger partial charge on any atom is 0.226 e. The highest BCUT2D eigenvalue weighted by Crippen LogP contribution is 2.16. The number of aromatic nitrogens is 2. The highest BCUT2D eigenvalue weighted by molar-refractivity contribution is 5.80. The predicted molar refractivity (Wildman–Crippen MR) is 60.9 cm³/mol. The van der Waals surface area contributed by atoms with Crippen LogP contribution >= 0.6 is 0 Å². The van der Waals surface area contributed by atoms with E-state index in [-0.39, 0.29) is 17.9 Å². The van der Waals surface area contributed by atoms with E-state index in [0.717, 1.165) is 24.3 Å². The van der Waals surface area contributed by atoms with E-state index >= 15 is 0 Å². The van der Waals surface area contributed by atoms with Gasteiger partial charge in [-0.25, -0.2) is 0 Å². The Hall–Kier alpha value is -1.36. The lowest BCUT2D eigenvalue weighted by atomic mass is 10.0. The first kappa shape index (κ1) is 11.1. The van der Waals surface area contributed by atoms with Crippen LogP contribution in [0.2, 0.25) is 0 Å². The molecule has 1 fully saturated rings. The third-order valence-electron chi connectivity index (χ3n) is 3.03. The zero-order chi connectivity index (χ0) is 11.7. The summed E-state index contributed by atoms with van der Waals surface area (Å²) in [5.41, 5.74) is 2.06. The molecule has 1 amide bonds. The van der Waals surface area contributed by atoms with Crippen molar-refractivity contribution in [2.24, 2.45) is 13.0 Å². The molecule has 1 saturated heterocycles. The fraction of sp³-hybridized carbons (Fsp3) is 0.636. The van der Waals surface area contributed by atoms with E-state index < -0.39 is 0 Å². The van der Waals surface area contributed by atoms with Gasteiger partial charge in [-0.05, 0) is 13.8 Å². The number of hydrogen-bond donors (Lipinski definition) is 2. The van der Waals surface area contributed by atoms with Crippen molar-refractivity contribution in [1.82, 2.24) is 20.4 Å². The zero-order valence-electron chi connectivity index (χ0n) is 9.95. The van der Waals surface area contributed by atoms with E-state index in [1.807, 2.05) is 27.1 Å². The van der Waals surface area contributed by atoms with Gasteiger partial charge in [-0.1, -0.05) is 0 Å². The lowest BCUT2D eigenvalue weighted by Crippen LogP contribution is -2.51. The number of nitrogens with zero attached hydrogens (tertiary/aromatic N) is 2. The molecular formula is C11H18N4O. The van der Waals surface area contributed by atoms with E-state index in [9.17, 15) is 4.79 Å². The number of aryl methyl sites for hydroxylation is 2. The highest BCUT2D eigenvalue weighted by atomic mass is 16.2. The Kier molecular flexibility index (Phi) is 2.96. The lowest BCUT2D eigenvalue weighted by Gasteiger charge is -2.27. The quantitative estimate of drug-likeness (QED) is 0.764. The Morgan fingerprint density at radius 3 is 2.81 bits per heavy atom. The number of carbonyl (C=O) groups excluding carboxylic acids is 1. The molecule has 0 aromatic carbocycles. The van der Waals surface area contributed by atoms with Crippen molar-refractivity contribution in [2.75, 3.05) is 13.1 Å². The summed E-state index contributed by atoms with van der Waals surface area (Å²) in [5.74, 6) is 0.272. The minimum Gasteiger partial charge on any atom is -0.349 e. The Bertz CT molecular complexity index is 395. The molecule has 1 unspecified atom stereocenters. The summed E-state index contributed by atoms with van der Waals surface area (Å²) < 4.78 is 1.78. The smallest absolute Gasteiger partial charge is 0.226 e. The van der Waals surface area contributed by atoms with Gasteiger partial charge in [-0.2, -0.15) is 5.10 Å². The van der Waals surface area contributed by atoms with Gasteiger partial charge in [0.2, 0.25) is 5.91 Å². The fourth-order valence-corrected chi connectivity index (χ4v) is 1.93. The van der Waals surface area contributed by atoms with Crippen molar-refractivity contribution in [3.63, 3.8) is 0 Å². The molecule has 0 bridgehead atoms. The highest BCUT2D eigenvalue weighted by Gasteiger charge is 2.26. The monoisotopic (exact) mass is 222 g/mol. The van der Waals surface area contributed by atoms with E-state index in [0.29, 0.717) is 0 Å². The molecule has 1 aromatic rings. The van der Waals surface area contributed by atoms with Crippen LogP contribution in [0.3, 0.4) is 0 Å². The Morgan fingerprint density at radius 1 is 1.69 bits per heavy atom. The van der Waals surface area contributed by atoms with Crippen LogP contribution < -0.4 is 10.6 Å². The summed E-state index contributed by atoms with van der Waals surface area (Å²) in [6.45, 7) is 5.55. The van der Waals surface area contributed by atoms with Crippen molar-refractivity contribution in [3.8, 4) is 0 Å². The van der Waals surface area contributed by atoms with Crippen LogP contribution in [-0.2, 0) is 11.8 Å². The first-order valence-electron chi connectivity index (χ1n) is 5.59. The zero-order valence-corrected chi connectivity index (χ0v) is 9.95. The molecule has 1 aromatic heterocycles. The summed E-state index contributed by atoms with van der Waals surface area (Å²) in [6, 6.07) is 0.0294. The molecule has 16 heavy (non-hydrogen) atoms. The van der Waals surface area contributed by atoms with Crippen LogP contribution in [-0.4, -0.2) is 28.8 Å². The standard InChI is InChI=1S/C11H18N4O/c1-7(10-6-15(3)14-8(10)2)13-11(16)9-4-12-5-9/h6-7,9,12H,4-5H2,1-3H3,(H,13,16). The second kappa shape index (κ2) is 4.25. The molecule has 1 aliphatic heterocycles. The normalized spacial score (nSPS) is 17.9. The molecular weight excluding hydrogens is 204 g/mol. The molecule has 1 atom stereocenters. The van der Waals surface area contributed by atoms with Gasteiger partial charge >= 0.3 is 0 Å². The molecule has 0 spiro atoms. The molecule has 5 heteroatoms. The molecule has 2 rings (SSSR count). The SMILES string of the molecule is Cc1nn(C)cc1C(C)NC(=O)C1CNC1. The Morgan fingerprint density at radius 2 is 2.38 bits per heavy atom. The molecule has 1 aliphatic rings. The Labute approximate surface area is 95.2 Å². The van der Waals surface area contributed by atoms with Crippen molar-refractivity contribution in [1.29, 1.82) is 0 Å². The maximum absolute atomic E-state index is 11.7.